The molecule has 0 unspecified atom stereocenters. The standard InChI is InChI=1S/C80H52BN5O/c1-8-23-57(24-9-1)82(58-25-10-2-11-26-58)64-41-39-53-45-66-68-49-77-70(51-75(68)85(62-33-18-6-19-34-62)73(66)47-55(53)43-64)81-71-52-76-69(50-79(71)87-78-38-22-37-72(80(78)81)84(77)61-31-16-5-17-32-61)67-46-54-40-42-65(44-56(54)48-74(67)86(76)63-35-20-7-21-36-63)83(59-27-12-3-13-28-59)60-29-14-4-15-30-60/h1-52H. The Kier molecular flexibility index (Phi) is 11.0. The number of nitrogens with zero attached hydrogens (tertiary/aromatic N) is 5. The highest BCUT2D eigenvalue weighted by Crippen LogP contribution is 2.47. The van der Waals surface area contributed by atoms with Crippen LogP contribution in [0.15, 0.2) is 315 Å². The maximum atomic E-state index is 7.31. The zero-order valence-corrected chi connectivity index (χ0v) is 47.2. The lowest BCUT2D eigenvalue weighted by atomic mass is 9.34. The molecule has 16 aromatic rings. The van der Waals surface area contributed by atoms with E-state index in [4.69, 9.17) is 4.74 Å². The highest BCUT2D eigenvalue weighted by atomic mass is 16.5. The molecule has 4 heterocycles. The van der Waals surface area contributed by atoms with Crippen LogP contribution in [0.1, 0.15) is 0 Å². The Morgan fingerprint density at radius 1 is 0.264 bits per heavy atom. The highest BCUT2D eigenvalue weighted by molar-refractivity contribution is 6.99. The summed E-state index contributed by atoms with van der Waals surface area (Å²) in [6.07, 6.45) is 0. The Labute approximate surface area is 503 Å². The maximum absolute atomic E-state index is 7.31. The molecular weight excluding hydrogens is 1060 g/mol. The van der Waals surface area contributed by atoms with Gasteiger partial charge in [0.2, 0.25) is 0 Å². The summed E-state index contributed by atoms with van der Waals surface area (Å²) in [4.78, 5) is 7.15. The van der Waals surface area contributed by atoms with Gasteiger partial charge < -0.3 is 28.6 Å². The molecule has 2 aromatic heterocycles. The summed E-state index contributed by atoms with van der Waals surface area (Å²) < 4.78 is 12.3. The van der Waals surface area contributed by atoms with Crippen LogP contribution in [0.2, 0.25) is 0 Å². The molecule has 0 radical (unpaired) electrons. The van der Waals surface area contributed by atoms with E-state index in [-0.39, 0.29) is 6.71 Å². The van der Waals surface area contributed by atoms with Crippen molar-refractivity contribution in [2.75, 3.05) is 14.7 Å². The molecule has 14 aromatic carbocycles. The van der Waals surface area contributed by atoms with E-state index in [9.17, 15) is 0 Å². The second-order valence-electron chi connectivity index (χ2n) is 22.9. The quantitative estimate of drug-likeness (QED) is 0.135. The Bertz CT molecular complexity index is 5290. The fraction of sp³-hybridized carbons (Fsp3) is 0. The fourth-order valence-corrected chi connectivity index (χ4v) is 14.2. The lowest BCUT2D eigenvalue weighted by Gasteiger charge is -2.40. The molecule has 0 N–H and O–H groups in total. The Balaban J connectivity index is 0.876. The van der Waals surface area contributed by atoms with Crippen molar-refractivity contribution in [2.24, 2.45) is 0 Å². The van der Waals surface area contributed by atoms with Gasteiger partial charge in [0.25, 0.3) is 6.71 Å². The second kappa shape index (κ2) is 19.5. The highest BCUT2D eigenvalue weighted by Gasteiger charge is 2.43. The molecule has 2 aliphatic heterocycles. The number of hydrogen-bond donors (Lipinski definition) is 0. The number of para-hydroxylation sites is 7. The van der Waals surface area contributed by atoms with Gasteiger partial charge in [0, 0.05) is 84.1 Å². The summed E-state index contributed by atoms with van der Waals surface area (Å²) >= 11 is 0. The van der Waals surface area contributed by atoms with E-state index in [1.807, 2.05) is 0 Å². The van der Waals surface area contributed by atoms with Gasteiger partial charge in [-0.25, -0.2) is 0 Å². The lowest BCUT2D eigenvalue weighted by Crippen LogP contribution is -2.59. The smallest absolute Gasteiger partial charge is 0.256 e. The fourth-order valence-electron chi connectivity index (χ4n) is 14.2. The van der Waals surface area contributed by atoms with E-state index in [0.717, 1.165) is 123 Å². The van der Waals surface area contributed by atoms with Gasteiger partial charge >= 0.3 is 0 Å². The van der Waals surface area contributed by atoms with Gasteiger partial charge in [0.1, 0.15) is 11.5 Å². The number of rotatable bonds is 9. The van der Waals surface area contributed by atoms with Crippen molar-refractivity contribution in [2.45, 2.75) is 0 Å². The summed E-state index contributed by atoms with van der Waals surface area (Å²) in [6, 6.07) is 115. The van der Waals surface area contributed by atoms with Crippen LogP contribution in [-0.2, 0) is 0 Å². The normalized spacial score (nSPS) is 12.4. The van der Waals surface area contributed by atoms with Crippen LogP contribution < -0.4 is 35.8 Å². The number of fused-ring (bicyclic) bond motifs is 12. The minimum atomic E-state index is -0.180. The molecule has 0 saturated heterocycles. The monoisotopic (exact) mass is 1110 g/mol. The third-order valence-electron chi connectivity index (χ3n) is 18.0. The average molecular weight is 1110 g/mol. The second-order valence-corrected chi connectivity index (χ2v) is 22.9. The SMILES string of the molecule is c1ccc(N(c2ccccc2)c2ccc3cc4c5cc6c(cc5n(-c5ccccc5)c4cc3c2)B2c3cc4c(cc3N(c3ccccc3)c3cccc(c32)O6)c2cc3ccc(N(c5ccccc5)c5ccccc5)cc3cc2n4-c2ccccc2)cc1. The van der Waals surface area contributed by atoms with E-state index in [2.05, 4.69) is 339 Å². The first-order chi connectivity index (χ1) is 43.1. The number of ether oxygens (including phenoxy) is 1. The number of anilines is 9. The molecule has 7 heteroatoms. The first-order valence-corrected chi connectivity index (χ1v) is 29.8. The van der Waals surface area contributed by atoms with Gasteiger partial charge in [-0.3, -0.25) is 0 Å². The van der Waals surface area contributed by atoms with Crippen LogP contribution in [0.3, 0.4) is 0 Å². The lowest BCUT2D eigenvalue weighted by molar-refractivity contribution is 0.488. The minimum Gasteiger partial charge on any atom is -0.458 e. The van der Waals surface area contributed by atoms with Crippen LogP contribution in [0.5, 0.6) is 11.5 Å². The van der Waals surface area contributed by atoms with Crippen LogP contribution in [0, 0.1) is 0 Å². The number of hydrogen-bond acceptors (Lipinski definition) is 4. The van der Waals surface area contributed by atoms with Gasteiger partial charge in [-0.1, -0.05) is 146 Å². The predicted octanol–water partition coefficient (Wildman–Crippen LogP) is 19.5. The van der Waals surface area contributed by atoms with Crippen LogP contribution >= 0.6 is 0 Å². The molecule has 0 bridgehead atoms. The average Bonchev–Trinajstić information content (AvgIpc) is 1.80. The molecule has 6 nitrogen and oxygen atoms in total. The molecule has 87 heavy (non-hydrogen) atoms. The van der Waals surface area contributed by atoms with E-state index in [1.54, 1.807) is 0 Å². The third kappa shape index (κ3) is 7.76. The van der Waals surface area contributed by atoms with Crippen molar-refractivity contribution in [3.8, 4) is 22.9 Å². The van der Waals surface area contributed by atoms with Crippen LogP contribution in [-0.4, -0.2) is 15.8 Å². The van der Waals surface area contributed by atoms with Crippen molar-refractivity contribution < 1.29 is 4.74 Å². The van der Waals surface area contributed by atoms with Crippen LogP contribution in [0.25, 0.3) is 76.5 Å². The minimum absolute atomic E-state index is 0.180. The zero-order chi connectivity index (χ0) is 57.1. The van der Waals surface area contributed by atoms with Crippen molar-refractivity contribution >= 4 is 139 Å². The molecule has 2 aliphatic rings. The van der Waals surface area contributed by atoms with E-state index in [1.165, 1.54) is 32.4 Å². The maximum Gasteiger partial charge on any atom is 0.256 e. The van der Waals surface area contributed by atoms with Gasteiger partial charge in [0.15, 0.2) is 0 Å². The van der Waals surface area contributed by atoms with Crippen molar-refractivity contribution in [1.82, 2.24) is 9.13 Å². The summed E-state index contributed by atoms with van der Waals surface area (Å²) in [6.45, 7) is -0.180. The third-order valence-corrected chi connectivity index (χ3v) is 18.0. The Morgan fingerprint density at radius 3 is 1.14 bits per heavy atom. The van der Waals surface area contributed by atoms with E-state index < -0.39 is 0 Å². The topological polar surface area (TPSA) is 28.8 Å². The number of benzene rings is 14. The van der Waals surface area contributed by atoms with Crippen molar-refractivity contribution in [3.05, 3.63) is 315 Å². The van der Waals surface area contributed by atoms with Gasteiger partial charge in [0.05, 0.1) is 22.1 Å². The molecule has 0 atom stereocenters. The predicted molar refractivity (Wildman–Crippen MR) is 365 cm³/mol. The van der Waals surface area contributed by atoms with Gasteiger partial charge in [-0.2, -0.15) is 0 Å². The van der Waals surface area contributed by atoms with Crippen molar-refractivity contribution in [1.29, 1.82) is 0 Å². The van der Waals surface area contributed by atoms with E-state index in [0.29, 0.717) is 0 Å². The molecule has 0 spiro atoms. The largest absolute Gasteiger partial charge is 0.458 e. The van der Waals surface area contributed by atoms with Crippen LogP contribution in [0.4, 0.5) is 51.2 Å². The summed E-state index contributed by atoms with van der Waals surface area (Å²) in [5, 5.41) is 9.36. The van der Waals surface area contributed by atoms with Crippen molar-refractivity contribution in [3.63, 3.8) is 0 Å². The summed E-state index contributed by atoms with van der Waals surface area (Å²) in [5.74, 6) is 1.74. The number of aromatic nitrogens is 2. The Morgan fingerprint density at radius 2 is 0.667 bits per heavy atom. The Hall–Kier alpha value is -11.5. The van der Waals surface area contributed by atoms with Gasteiger partial charge in [-0.15, -0.1) is 0 Å². The summed E-state index contributed by atoms with van der Waals surface area (Å²) in [7, 11) is 0. The molecule has 18 rings (SSSR count). The van der Waals surface area contributed by atoms with Gasteiger partial charge in [-0.05, 0) is 208 Å². The molecule has 406 valence electrons. The van der Waals surface area contributed by atoms with E-state index >= 15 is 0 Å². The molecule has 0 aliphatic carbocycles. The molecule has 0 saturated carbocycles. The summed E-state index contributed by atoms with van der Waals surface area (Å²) in [5.41, 5.74) is 20.2. The first-order valence-electron chi connectivity index (χ1n) is 29.8. The molecule has 0 fully saturated rings. The first kappa shape index (κ1) is 48.9. The zero-order valence-electron chi connectivity index (χ0n) is 47.2. The molecular formula is C80H52BN5O. The molecule has 0 amide bonds.